The highest BCUT2D eigenvalue weighted by molar-refractivity contribution is 6.02. The average Bonchev–Trinajstić information content (AvgIpc) is 3.46. The number of ketones is 1. The highest BCUT2D eigenvalue weighted by Gasteiger charge is 2.56. The topological polar surface area (TPSA) is 82.1 Å². The zero-order valence-electron chi connectivity index (χ0n) is 19.3. The normalized spacial score (nSPS) is 19.4. The smallest absolute Gasteiger partial charge is 0.313 e. The summed E-state index contributed by atoms with van der Waals surface area (Å²) in [6.45, 7) is 1.68. The van der Waals surface area contributed by atoms with Crippen molar-refractivity contribution in [2.45, 2.75) is 38.7 Å². The van der Waals surface area contributed by atoms with Gasteiger partial charge in [-0.3, -0.25) is 9.59 Å². The van der Waals surface area contributed by atoms with Gasteiger partial charge in [0, 0.05) is 17.5 Å². The minimum Gasteiger partial charge on any atom is -0.493 e. The van der Waals surface area contributed by atoms with Crippen LogP contribution in [0.15, 0.2) is 30.3 Å². The molecule has 0 saturated heterocycles. The highest BCUT2D eigenvalue weighted by atomic mass is 16.5. The number of fused-ring (bicyclic) bond motifs is 1. The first-order valence-electron chi connectivity index (χ1n) is 11.0. The van der Waals surface area contributed by atoms with Crippen LogP contribution in [0.4, 0.5) is 0 Å². The van der Waals surface area contributed by atoms with Crippen molar-refractivity contribution < 1.29 is 33.0 Å². The lowest BCUT2D eigenvalue weighted by Gasteiger charge is -2.25. The third kappa shape index (κ3) is 3.03. The fraction of sp³-hybridized carbons (Fsp3) is 0.391. The highest BCUT2D eigenvalue weighted by Crippen LogP contribution is 2.53. The van der Waals surface area contributed by atoms with Gasteiger partial charge in [0.1, 0.15) is 11.5 Å². The van der Waals surface area contributed by atoms with Gasteiger partial charge >= 0.3 is 5.97 Å². The molecule has 0 aliphatic heterocycles. The molecule has 1 fully saturated rings. The van der Waals surface area contributed by atoms with Crippen LogP contribution < -0.4 is 14.2 Å². The Labute approximate surface area is 173 Å². The van der Waals surface area contributed by atoms with Crippen molar-refractivity contribution in [1.29, 1.82) is 0 Å². The maximum atomic E-state index is 12.3. The van der Waals surface area contributed by atoms with Crippen molar-refractivity contribution in [2.75, 3.05) is 14.1 Å². The van der Waals surface area contributed by atoms with Crippen LogP contribution >= 0.6 is 0 Å². The summed E-state index contributed by atoms with van der Waals surface area (Å²) in [7, 11) is -1.34. The number of carbonyl (C=O) groups excluding carboxylic acids is 1. The standard InChI is InChI=1S/C23H24O6/c1-13(23(11-12-23)22(25)26)29-20-17(8-10-19(27-2)21(20)28-3)14-5-4-6-16-15(14)7-9-18(16)24/h4-6,8,10,13H,7,9,11-12H2,1-3H3,(H,25,26)/i2D3. The van der Waals surface area contributed by atoms with Gasteiger partial charge in [0.2, 0.25) is 5.75 Å². The Morgan fingerprint density at radius 2 is 1.86 bits per heavy atom. The maximum absolute atomic E-state index is 12.3. The van der Waals surface area contributed by atoms with E-state index in [2.05, 4.69) is 0 Å². The number of ether oxygens (including phenoxy) is 3. The lowest BCUT2D eigenvalue weighted by molar-refractivity contribution is -0.146. The van der Waals surface area contributed by atoms with Gasteiger partial charge in [-0.2, -0.15) is 0 Å². The molecule has 6 nitrogen and oxygen atoms in total. The number of aliphatic carboxylic acids is 1. The predicted octanol–water partition coefficient (Wildman–Crippen LogP) is 4.13. The fourth-order valence-electron chi connectivity index (χ4n) is 4.11. The number of rotatable bonds is 7. The third-order valence-corrected chi connectivity index (χ3v) is 6.05. The minimum atomic E-state index is -2.71. The lowest BCUT2D eigenvalue weighted by Crippen LogP contribution is -2.32. The van der Waals surface area contributed by atoms with Gasteiger partial charge in [0.25, 0.3) is 0 Å². The molecule has 2 aliphatic rings. The second kappa shape index (κ2) is 7.10. The Balaban J connectivity index is 1.87. The number of hydrogen-bond donors (Lipinski definition) is 1. The molecular weight excluding hydrogens is 372 g/mol. The first-order chi connectivity index (χ1) is 15.1. The molecule has 2 aromatic rings. The van der Waals surface area contributed by atoms with E-state index in [1.807, 2.05) is 6.07 Å². The van der Waals surface area contributed by atoms with Crippen molar-refractivity contribution in [3.63, 3.8) is 0 Å². The maximum Gasteiger partial charge on any atom is 0.313 e. The van der Waals surface area contributed by atoms with E-state index in [9.17, 15) is 14.7 Å². The Hall–Kier alpha value is -3.02. The molecule has 29 heavy (non-hydrogen) atoms. The van der Waals surface area contributed by atoms with E-state index in [-0.39, 0.29) is 23.0 Å². The second-order valence-corrected chi connectivity index (χ2v) is 7.55. The molecule has 0 heterocycles. The molecule has 2 aliphatic carbocycles. The molecule has 0 spiro atoms. The Morgan fingerprint density at radius 1 is 1.10 bits per heavy atom. The van der Waals surface area contributed by atoms with Gasteiger partial charge in [-0.25, -0.2) is 0 Å². The third-order valence-electron chi connectivity index (χ3n) is 6.05. The minimum absolute atomic E-state index is 0.0396. The van der Waals surface area contributed by atoms with Crippen LogP contribution in [0.3, 0.4) is 0 Å². The summed E-state index contributed by atoms with van der Waals surface area (Å²) < 4.78 is 39.2. The van der Waals surface area contributed by atoms with Crippen LogP contribution in [0.25, 0.3) is 11.1 Å². The number of benzene rings is 2. The molecule has 1 unspecified atom stereocenters. The lowest BCUT2D eigenvalue weighted by atomic mass is 9.95. The molecule has 0 bridgehead atoms. The van der Waals surface area contributed by atoms with E-state index in [0.717, 1.165) is 11.1 Å². The Morgan fingerprint density at radius 3 is 2.52 bits per heavy atom. The summed E-state index contributed by atoms with van der Waals surface area (Å²) >= 11 is 0. The number of carboxylic acid groups (broad SMARTS) is 1. The van der Waals surface area contributed by atoms with Gasteiger partial charge in [0.15, 0.2) is 17.3 Å². The SMILES string of the molecule is [2H]C([2H])([2H])Oc1ccc(-c2cccc3c2CCC3=O)c(OC(C)C2(C(=O)O)CC2)c1OC. The van der Waals surface area contributed by atoms with Gasteiger partial charge in [-0.1, -0.05) is 18.2 Å². The van der Waals surface area contributed by atoms with Gasteiger partial charge < -0.3 is 19.3 Å². The summed E-state index contributed by atoms with van der Waals surface area (Å²) in [5.41, 5.74) is 1.86. The van der Waals surface area contributed by atoms with Crippen molar-refractivity contribution >= 4 is 11.8 Å². The summed E-state index contributed by atoms with van der Waals surface area (Å²) in [5.74, 6) is -0.653. The summed E-state index contributed by atoms with van der Waals surface area (Å²) in [4.78, 5) is 24.1. The number of carbonyl (C=O) groups is 2. The van der Waals surface area contributed by atoms with Crippen molar-refractivity contribution in [3.8, 4) is 28.4 Å². The molecule has 1 atom stereocenters. The number of carboxylic acids is 1. The van der Waals surface area contributed by atoms with Crippen LogP contribution in [-0.2, 0) is 11.2 Å². The van der Waals surface area contributed by atoms with Crippen LogP contribution in [0.1, 0.15) is 46.2 Å². The molecule has 6 heteroatoms. The van der Waals surface area contributed by atoms with Crippen LogP contribution in [0.5, 0.6) is 17.2 Å². The zero-order valence-corrected chi connectivity index (χ0v) is 16.3. The molecular formula is C23H24O6. The second-order valence-electron chi connectivity index (χ2n) is 7.55. The van der Waals surface area contributed by atoms with E-state index in [1.54, 1.807) is 25.1 Å². The van der Waals surface area contributed by atoms with Gasteiger partial charge in [-0.15, -0.1) is 0 Å². The van der Waals surface area contributed by atoms with Crippen LogP contribution in [-0.4, -0.2) is 37.1 Å². The van der Waals surface area contributed by atoms with Crippen molar-refractivity contribution in [3.05, 3.63) is 41.5 Å². The summed E-state index contributed by atoms with van der Waals surface area (Å²) in [6.07, 6.45) is 1.27. The number of Topliss-reactive ketones (excluding diaryl/α,β-unsaturated/α-hetero) is 1. The molecule has 152 valence electrons. The van der Waals surface area contributed by atoms with Crippen LogP contribution in [0.2, 0.25) is 0 Å². The predicted molar refractivity (Wildman–Crippen MR) is 107 cm³/mol. The monoisotopic (exact) mass is 399 g/mol. The quantitative estimate of drug-likeness (QED) is 0.754. The van der Waals surface area contributed by atoms with Gasteiger partial charge in [-0.05, 0) is 49.4 Å². The fourth-order valence-corrected chi connectivity index (χ4v) is 4.11. The van der Waals surface area contributed by atoms with E-state index < -0.39 is 24.5 Å². The molecule has 0 aromatic heterocycles. The molecule has 1 N–H and O–H groups in total. The molecule has 0 radical (unpaired) electrons. The largest absolute Gasteiger partial charge is 0.493 e. The molecule has 1 saturated carbocycles. The van der Waals surface area contributed by atoms with E-state index in [1.165, 1.54) is 13.2 Å². The number of hydrogen-bond acceptors (Lipinski definition) is 5. The zero-order chi connectivity index (χ0) is 23.3. The molecule has 2 aromatic carbocycles. The number of methoxy groups -OCH3 is 2. The Kier molecular flexibility index (Phi) is 3.88. The first-order valence-corrected chi connectivity index (χ1v) is 9.53. The Bertz CT molecular complexity index is 1090. The average molecular weight is 399 g/mol. The van der Waals surface area contributed by atoms with Crippen molar-refractivity contribution in [2.24, 2.45) is 5.41 Å². The first kappa shape index (κ1) is 15.9. The van der Waals surface area contributed by atoms with Crippen molar-refractivity contribution in [1.82, 2.24) is 0 Å². The van der Waals surface area contributed by atoms with E-state index in [4.69, 9.17) is 18.3 Å². The van der Waals surface area contributed by atoms with E-state index in [0.29, 0.717) is 36.8 Å². The van der Waals surface area contributed by atoms with Crippen LogP contribution in [0, 0.1) is 5.41 Å². The van der Waals surface area contributed by atoms with Gasteiger partial charge in [0.05, 0.1) is 18.3 Å². The molecule has 4 rings (SSSR count). The van der Waals surface area contributed by atoms with E-state index >= 15 is 0 Å². The molecule has 0 amide bonds. The summed E-state index contributed by atoms with van der Waals surface area (Å²) in [6, 6.07) is 8.56. The summed E-state index contributed by atoms with van der Waals surface area (Å²) in [5, 5.41) is 9.68.